The van der Waals surface area contributed by atoms with Crippen molar-refractivity contribution in [1.82, 2.24) is 0 Å². The SMILES string of the molecule is CC(C)(C)c1ccc(-c2ccc(-c3ccc(C(C)(C)C)cc3)c3c2C(=O)c2ccccc2C3=S)cc1. The van der Waals surface area contributed by atoms with Gasteiger partial charge < -0.3 is 0 Å². The van der Waals surface area contributed by atoms with Crippen LogP contribution in [0.2, 0.25) is 0 Å². The highest BCUT2D eigenvalue weighted by Crippen LogP contribution is 2.41. The van der Waals surface area contributed by atoms with Gasteiger partial charge in [0.05, 0.1) is 4.86 Å². The second kappa shape index (κ2) is 8.64. The Morgan fingerprint density at radius 2 is 0.917 bits per heavy atom. The molecule has 36 heavy (non-hydrogen) atoms. The van der Waals surface area contributed by atoms with Crippen LogP contribution in [-0.2, 0) is 10.8 Å². The summed E-state index contributed by atoms with van der Waals surface area (Å²) in [5, 5.41) is 0. The van der Waals surface area contributed by atoms with E-state index in [0.717, 1.165) is 38.2 Å². The van der Waals surface area contributed by atoms with Crippen LogP contribution in [-0.4, -0.2) is 10.6 Å². The first kappa shape index (κ1) is 24.3. The molecule has 4 aromatic carbocycles. The van der Waals surface area contributed by atoms with E-state index in [-0.39, 0.29) is 16.6 Å². The molecule has 0 bridgehead atoms. The highest BCUT2D eigenvalue weighted by molar-refractivity contribution is 7.81. The molecule has 0 heterocycles. The molecule has 0 amide bonds. The van der Waals surface area contributed by atoms with Gasteiger partial charge in [0.2, 0.25) is 0 Å². The van der Waals surface area contributed by atoms with Crippen LogP contribution in [0, 0.1) is 0 Å². The van der Waals surface area contributed by atoms with Crippen molar-refractivity contribution in [1.29, 1.82) is 0 Å². The summed E-state index contributed by atoms with van der Waals surface area (Å²) < 4.78 is 0. The standard InChI is InChI=1S/C34H32OS/c1-33(2,3)23-15-11-21(12-16-23)25-19-20-26(22-13-17-24(18-14-22)34(4,5)6)30-29(25)31(35)27-9-7-8-10-28(27)32(30)36/h7-20H,1-6H3. The topological polar surface area (TPSA) is 17.1 Å². The third-order valence-corrected chi connectivity index (χ3v) is 7.62. The van der Waals surface area contributed by atoms with E-state index >= 15 is 0 Å². The van der Waals surface area contributed by atoms with Gasteiger partial charge in [-0.25, -0.2) is 0 Å². The van der Waals surface area contributed by atoms with Crippen LogP contribution in [0.15, 0.2) is 84.9 Å². The molecule has 5 rings (SSSR count). The Balaban J connectivity index is 1.74. The number of ketones is 1. The number of hydrogen-bond donors (Lipinski definition) is 0. The van der Waals surface area contributed by atoms with Crippen LogP contribution in [0.3, 0.4) is 0 Å². The van der Waals surface area contributed by atoms with E-state index in [1.807, 2.05) is 24.3 Å². The van der Waals surface area contributed by atoms with Gasteiger partial charge >= 0.3 is 0 Å². The minimum absolute atomic E-state index is 0.0391. The smallest absolute Gasteiger partial charge is 0.194 e. The average Bonchev–Trinajstić information content (AvgIpc) is 2.85. The van der Waals surface area contributed by atoms with Crippen LogP contribution in [0.5, 0.6) is 0 Å². The minimum atomic E-state index is 0.0391. The molecule has 0 aromatic heterocycles. The van der Waals surface area contributed by atoms with Crippen molar-refractivity contribution in [2.24, 2.45) is 0 Å². The van der Waals surface area contributed by atoms with Gasteiger partial charge in [-0.2, -0.15) is 0 Å². The first-order chi connectivity index (χ1) is 17.0. The fourth-order valence-electron chi connectivity index (χ4n) is 5.00. The third kappa shape index (κ3) is 4.14. The third-order valence-electron chi connectivity index (χ3n) is 7.20. The van der Waals surface area contributed by atoms with Crippen LogP contribution < -0.4 is 0 Å². The van der Waals surface area contributed by atoms with Crippen LogP contribution >= 0.6 is 12.2 Å². The number of benzene rings is 4. The molecule has 2 heteroatoms. The van der Waals surface area contributed by atoms with Crippen molar-refractivity contribution in [3.05, 3.63) is 118 Å². The molecule has 0 spiro atoms. The number of rotatable bonds is 2. The van der Waals surface area contributed by atoms with E-state index in [1.54, 1.807) is 0 Å². The summed E-state index contributed by atoms with van der Waals surface area (Å²) in [7, 11) is 0. The molecule has 180 valence electrons. The molecule has 0 fully saturated rings. The van der Waals surface area contributed by atoms with Gasteiger partial charge in [0.1, 0.15) is 0 Å². The Kier molecular flexibility index (Phi) is 5.84. The molecule has 0 saturated heterocycles. The predicted octanol–water partition coefficient (Wildman–Crippen LogP) is 8.93. The molecular weight excluding hydrogens is 456 g/mol. The Hall–Kier alpha value is -3.36. The molecule has 4 aromatic rings. The molecule has 0 radical (unpaired) electrons. The molecule has 0 saturated carbocycles. The number of hydrogen-bond acceptors (Lipinski definition) is 2. The van der Waals surface area contributed by atoms with Crippen molar-refractivity contribution in [3.8, 4) is 22.3 Å². The van der Waals surface area contributed by atoms with Crippen LogP contribution in [0.25, 0.3) is 22.3 Å². The Labute approximate surface area is 220 Å². The van der Waals surface area contributed by atoms with Gasteiger partial charge in [0.25, 0.3) is 0 Å². The minimum Gasteiger partial charge on any atom is -0.289 e. The van der Waals surface area contributed by atoms with Gasteiger partial charge in [-0.3, -0.25) is 4.79 Å². The summed E-state index contributed by atoms with van der Waals surface area (Å²) in [5.41, 5.74) is 9.84. The Morgan fingerprint density at radius 3 is 1.36 bits per heavy atom. The summed E-state index contributed by atoms with van der Waals surface area (Å²) in [6, 6.07) is 29.2. The highest BCUT2D eigenvalue weighted by Gasteiger charge is 2.32. The van der Waals surface area contributed by atoms with E-state index in [9.17, 15) is 4.79 Å². The van der Waals surface area contributed by atoms with Crippen molar-refractivity contribution in [2.45, 2.75) is 52.4 Å². The number of carbonyl (C=O) groups excluding carboxylic acids is 1. The second-order valence-electron chi connectivity index (χ2n) is 11.8. The fraction of sp³-hybridized carbons (Fsp3) is 0.235. The number of fused-ring (bicyclic) bond motifs is 2. The van der Waals surface area contributed by atoms with E-state index in [2.05, 4.69) is 102 Å². The lowest BCUT2D eigenvalue weighted by atomic mass is 9.77. The molecule has 1 aliphatic carbocycles. The summed E-state index contributed by atoms with van der Waals surface area (Å²) in [6.07, 6.45) is 0. The molecule has 0 unspecified atom stereocenters. The van der Waals surface area contributed by atoms with Gasteiger partial charge in [0.15, 0.2) is 5.78 Å². The lowest BCUT2D eigenvalue weighted by molar-refractivity contribution is 0.103. The van der Waals surface area contributed by atoms with Crippen molar-refractivity contribution < 1.29 is 4.79 Å². The van der Waals surface area contributed by atoms with E-state index in [1.165, 1.54) is 11.1 Å². The summed E-state index contributed by atoms with van der Waals surface area (Å²) in [4.78, 5) is 14.7. The number of thiocarbonyl (C=S) groups is 1. The van der Waals surface area contributed by atoms with Gasteiger partial charge in [-0.1, -0.05) is 139 Å². The largest absolute Gasteiger partial charge is 0.289 e. The Bertz CT molecular complexity index is 1380. The van der Waals surface area contributed by atoms with Crippen LogP contribution in [0.1, 0.15) is 79.7 Å². The summed E-state index contributed by atoms with van der Waals surface area (Å²) >= 11 is 6.07. The maximum absolute atomic E-state index is 14.0. The first-order valence-corrected chi connectivity index (χ1v) is 12.9. The van der Waals surface area contributed by atoms with Gasteiger partial charge in [-0.15, -0.1) is 0 Å². The average molecular weight is 489 g/mol. The maximum atomic E-state index is 14.0. The lowest BCUT2D eigenvalue weighted by Gasteiger charge is -2.26. The normalized spacial score (nSPS) is 13.4. The molecule has 1 aliphatic rings. The Morgan fingerprint density at radius 1 is 0.500 bits per heavy atom. The second-order valence-corrected chi connectivity index (χ2v) is 12.2. The lowest BCUT2D eigenvalue weighted by Crippen LogP contribution is -2.22. The fourth-order valence-corrected chi connectivity index (χ4v) is 5.39. The summed E-state index contributed by atoms with van der Waals surface area (Å²) in [6.45, 7) is 13.3. The van der Waals surface area contributed by atoms with Crippen molar-refractivity contribution in [3.63, 3.8) is 0 Å². The summed E-state index contributed by atoms with van der Waals surface area (Å²) in [5.74, 6) is 0.0391. The zero-order valence-corrected chi connectivity index (χ0v) is 22.7. The molecule has 0 aliphatic heterocycles. The van der Waals surface area contributed by atoms with Crippen molar-refractivity contribution >= 4 is 22.9 Å². The monoisotopic (exact) mass is 488 g/mol. The molecule has 1 nitrogen and oxygen atoms in total. The zero-order valence-electron chi connectivity index (χ0n) is 21.9. The van der Waals surface area contributed by atoms with Crippen LogP contribution in [0.4, 0.5) is 0 Å². The maximum Gasteiger partial charge on any atom is 0.194 e. The molecule has 0 atom stereocenters. The van der Waals surface area contributed by atoms with E-state index in [0.29, 0.717) is 11.1 Å². The van der Waals surface area contributed by atoms with E-state index in [4.69, 9.17) is 12.2 Å². The zero-order chi connectivity index (χ0) is 25.8. The molecular formula is C34H32OS. The highest BCUT2D eigenvalue weighted by atomic mass is 32.1. The van der Waals surface area contributed by atoms with Gasteiger partial charge in [0, 0.05) is 22.3 Å². The number of carbonyl (C=O) groups is 1. The van der Waals surface area contributed by atoms with Crippen molar-refractivity contribution in [2.75, 3.05) is 0 Å². The molecule has 0 N–H and O–H groups in total. The predicted molar refractivity (Wildman–Crippen MR) is 155 cm³/mol. The quantitative estimate of drug-likeness (QED) is 0.231. The van der Waals surface area contributed by atoms with E-state index < -0.39 is 0 Å². The van der Waals surface area contributed by atoms with Gasteiger partial charge in [-0.05, 0) is 44.2 Å². The first-order valence-electron chi connectivity index (χ1n) is 12.5.